The molecular weight excluding hydrogens is 547 g/mol. The van der Waals surface area contributed by atoms with Crippen molar-refractivity contribution in [3.63, 3.8) is 0 Å². The first-order valence-electron chi connectivity index (χ1n) is 15.7. The van der Waals surface area contributed by atoms with Gasteiger partial charge in [-0.05, 0) is 73.3 Å². The molecule has 1 aromatic heterocycles. The van der Waals surface area contributed by atoms with Crippen LogP contribution in [0.15, 0.2) is 109 Å². The zero-order chi connectivity index (χ0) is 30.5. The summed E-state index contributed by atoms with van der Waals surface area (Å²) in [5, 5.41) is 0. The number of benzene rings is 4. The predicted molar refractivity (Wildman–Crippen MR) is 175 cm³/mol. The molecule has 1 unspecified atom stereocenters. The summed E-state index contributed by atoms with van der Waals surface area (Å²) in [4.78, 5) is 24.1. The molecule has 226 valence electrons. The van der Waals surface area contributed by atoms with E-state index in [0.717, 1.165) is 59.5 Å². The number of para-hydroxylation sites is 2. The highest BCUT2D eigenvalue weighted by Crippen LogP contribution is 2.40. The molecular formula is C38H41FN4O. The number of nitrogens with zero attached hydrogens (tertiary/aromatic N) is 4. The number of fused-ring (bicyclic) bond motifs is 1. The quantitative estimate of drug-likeness (QED) is 0.175. The van der Waals surface area contributed by atoms with E-state index >= 15 is 0 Å². The molecule has 1 saturated heterocycles. The predicted octanol–water partition coefficient (Wildman–Crippen LogP) is 7.09. The van der Waals surface area contributed by atoms with Gasteiger partial charge in [-0.15, -0.1) is 0 Å². The third-order valence-corrected chi connectivity index (χ3v) is 9.16. The fourth-order valence-electron chi connectivity index (χ4n) is 6.97. The van der Waals surface area contributed by atoms with E-state index in [1.807, 2.05) is 74.8 Å². The maximum Gasteiger partial charge on any atom is 0.237 e. The molecule has 0 aliphatic carbocycles. The van der Waals surface area contributed by atoms with E-state index in [9.17, 15) is 9.18 Å². The van der Waals surface area contributed by atoms with Crippen LogP contribution in [0.25, 0.3) is 11.0 Å². The molecule has 4 aromatic carbocycles. The van der Waals surface area contributed by atoms with Crippen molar-refractivity contribution in [3.05, 3.63) is 138 Å². The number of amides is 1. The summed E-state index contributed by atoms with van der Waals surface area (Å²) in [5.74, 6) is 0.827. The second-order valence-corrected chi connectivity index (χ2v) is 12.2. The van der Waals surface area contributed by atoms with Crippen LogP contribution in [0.4, 0.5) is 4.39 Å². The highest BCUT2D eigenvalue weighted by atomic mass is 19.1. The van der Waals surface area contributed by atoms with Gasteiger partial charge in [-0.1, -0.05) is 91.3 Å². The number of rotatable bonds is 10. The lowest BCUT2D eigenvalue weighted by Crippen LogP contribution is -2.51. The molecule has 1 aliphatic heterocycles. The Bertz CT molecular complexity index is 1640. The molecule has 6 rings (SSSR count). The second kappa shape index (κ2) is 13.1. The van der Waals surface area contributed by atoms with Crippen LogP contribution in [0.2, 0.25) is 0 Å². The Labute approximate surface area is 260 Å². The molecule has 6 heteroatoms. The zero-order valence-corrected chi connectivity index (χ0v) is 25.7. The first-order chi connectivity index (χ1) is 21.5. The van der Waals surface area contributed by atoms with Crippen molar-refractivity contribution in [2.24, 2.45) is 0 Å². The molecule has 1 fully saturated rings. The number of carbonyl (C=O) groups is 1. The fourth-order valence-corrected chi connectivity index (χ4v) is 6.97. The van der Waals surface area contributed by atoms with Gasteiger partial charge in [0, 0.05) is 33.1 Å². The highest BCUT2D eigenvalue weighted by Gasteiger charge is 2.46. The van der Waals surface area contributed by atoms with E-state index in [2.05, 4.69) is 45.9 Å². The molecule has 44 heavy (non-hydrogen) atoms. The molecule has 1 amide bonds. The molecule has 5 nitrogen and oxygen atoms in total. The van der Waals surface area contributed by atoms with E-state index in [1.54, 1.807) is 4.90 Å². The van der Waals surface area contributed by atoms with Gasteiger partial charge in [0.25, 0.3) is 0 Å². The number of imidazole rings is 1. The first-order valence-corrected chi connectivity index (χ1v) is 15.7. The van der Waals surface area contributed by atoms with Gasteiger partial charge in [0.05, 0.1) is 11.0 Å². The van der Waals surface area contributed by atoms with Crippen molar-refractivity contribution in [2.45, 2.75) is 50.1 Å². The molecule has 0 bridgehead atoms. The van der Waals surface area contributed by atoms with Gasteiger partial charge in [-0.25, -0.2) is 9.37 Å². The maximum absolute atomic E-state index is 14.6. The zero-order valence-electron chi connectivity index (χ0n) is 25.7. The van der Waals surface area contributed by atoms with E-state index in [-0.39, 0.29) is 17.8 Å². The van der Waals surface area contributed by atoms with Crippen molar-refractivity contribution in [3.8, 4) is 0 Å². The van der Waals surface area contributed by atoms with Crippen LogP contribution in [-0.4, -0.2) is 58.5 Å². The summed E-state index contributed by atoms with van der Waals surface area (Å²) in [5.41, 5.74) is 4.17. The van der Waals surface area contributed by atoms with E-state index in [1.165, 1.54) is 18.6 Å². The SMILES string of the molecule is CN(C)C(=O)C(CC(Cc1nc2ccccc2n1Cc1ccc(F)cc1)N1CCCCC1)(c1ccccc1)c1ccccc1. The molecule has 0 spiro atoms. The number of likely N-dealkylation sites (tertiary alicyclic amines) is 1. The van der Waals surface area contributed by atoms with Crippen LogP contribution in [0.5, 0.6) is 0 Å². The average Bonchev–Trinajstić information content (AvgIpc) is 3.41. The summed E-state index contributed by atoms with van der Waals surface area (Å²) >= 11 is 0. The summed E-state index contributed by atoms with van der Waals surface area (Å²) < 4.78 is 16.1. The van der Waals surface area contributed by atoms with E-state index in [0.29, 0.717) is 19.4 Å². The Morgan fingerprint density at radius 2 is 1.41 bits per heavy atom. The van der Waals surface area contributed by atoms with Crippen molar-refractivity contribution >= 4 is 16.9 Å². The fraction of sp³-hybridized carbons (Fsp3) is 0.316. The smallest absolute Gasteiger partial charge is 0.237 e. The van der Waals surface area contributed by atoms with Gasteiger partial charge in [-0.2, -0.15) is 0 Å². The van der Waals surface area contributed by atoms with E-state index in [4.69, 9.17) is 4.98 Å². The van der Waals surface area contributed by atoms with Crippen molar-refractivity contribution in [1.82, 2.24) is 19.4 Å². The Hall–Kier alpha value is -4.29. The minimum Gasteiger partial charge on any atom is -0.348 e. The average molecular weight is 589 g/mol. The van der Waals surface area contributed by atoms with Crippen molar-refractivity contribution in [1.29, 1.82) is 0 Å². The minimum atomic E-state index is -0.873. The molecule has 0 radical (unpaired) electrons. The molecule has 1 aliphatic rings. The largest absolute Gasteiger partial charge is 0.348 e. The van der Waals surface area contributed by atoms with Gasteiger partial charge in [-0.3, -0.25) is 9.69 Å². The maximum atomic E-state index is 14.6. The van der Waals surface area contributed by atoms with Crippen LogP contribution in [-0.2, 0) is 23.2 Å². The van der Waals surface area contributed by atoms with Gasteiger partial charge >= 0.3 is 0 Å². The molecule has 0 N–H and O–H groups in total. The van der Waals surface area contributed by atoms with Gasteiger partial charge in [0.15, 0.2) is 0 Å². The number of carbonyl (C=O) groups excluding carboxylic acids is 1. The monoisotopic (exact) mass is 588 g/mol. The van der Waals surface area contributed by atoms with Crippen LogP contribution in [0.3, 0.4) is 0 Å². The number of likely N-dealkylation sites (N-methyl/N-ethyl adjacent to an activating group) is 1. The lowest BCUT2D eigenvalue weighted by Gasteiger charge is -2.43. The summed E-state index contributed by atoms with van der Waals surface area (Å²) in [6, 6.07) is 35.6. The van der Waals surface area contributed by atoms with Gasteiger partial charge in [0.2, 0.25) is 5.91 Å². The number of aromatic nitrogens is 2. The topological polar surface area (TPSA) is 41.4 Å². The van der Waals surface area contributed by atoms with Crippen LogP contribution in [0.1, 0.15) is 48.2 Å². The van der Waals surface area contributed by atoms with Crippen molar-refractivity contribution < 1.29 is 9.18 Å². The molecule has 5 aromatic rings. The van der Waals surface area contributed by atoms with E-state index < -0.39 is 5.41 Å². The number of hydrogen-bond acceptors (Lipinski definition) is 3. The normalized spacial score (nSPS) is 14.9. The van der Waals surface area contributed by atoms with Crippen LogP contribution < -0.4 is 0 Å². The summed E-state index contributed by atoms with van der Waals surface area (Å²) in [7, 11) is 3.72. The number of hydrogen-bond donors (Lipinski definition) is 0. The van der Waals surface area contributed by atoms with Crippen molar-refractivity contribution in [2.75, 3.05) is 27.2 Å². The second-order valence-electron chi connectivity index (χ2n) is 12.2. The Kier molecular flexibility index (Phi) is 8.89. The lowest BCUT2D eigenvalue weighted by atomic mass is 9.68. The Balaban J connectivity index is 1.48. The third-order valence-electron chi connectivity index (χ3n) is 9.16. The number of halogens is 1. The first kappa shape index (κ1) is 29.8. The standard InChI is InChI=1S/C38H41FN4O/c1-41(2)37(44)38(30-14-6-3-7-15-30,31-16-8-4-9-17-31)27-33(42-24-12-5-13-25-42)26-36-40-34-18-10-11-19-35(34)43(36)28-29-20-22-32(39)23-21-29/h3-4,6-11,14-23,33H,5,12-13,24-28H2,1-2H3. The Morgan fingerprint density at radius 1 is 0.818 bits per heavy atom. The van der Waals surface area contributed by atoms with Gasteiger partial charge in [0.1, 0.15) is 17.1 Å². The lowest BCUT2D eigenvalue weighted by molar-refractivity contribution is -0.134. The van der Waals surface area contributed by atoms with Crippen LogP contribution in [0, 0.1) is 5.82 Å². The highest BCUT2D eigenvalue weighted by molar-refractivity contribution is 5.92. The third kappa shape index (κ3) is 6.04. The Morgan fingerprint density at radius 3 is 2.02 bits per heavy atom. The minimum absolute atomic E-state index is 0.0587. The van der Waals surface area contributed by atoms with Crippen LogP contribution >= 0.6 is 0 Å². The molecule has 2 heterocycles. The molecule has 1 atom stereocenters. The van der Waals surface area contributed by atoms with Gasteiger partial charge < -0.3 is 9.47 Å². The summed E-state index contributed by atoms with van der Waals surface area (Å²) in [6.45, 7) is 2.60. The number of piperidine rings is 1. The molecule has 0 saturated carbocycles. The summed E-state index contributed by atoms with van der Waals surface area (Å²) in [6.07, 6.45) is 4.84.